The molecular formula is C13H15FN2O3. The molecule has 1 N–H and O–H groups in total. The van der Waals surface area contributed by atoms with E-state index in [1.807, 2.05) is 0 Å². The van der Waals surface area contributed by atoms with E-state index >= 15 is 0 Å². The molecule has 19 heavy (non-hydrogen) atoms. The van der Waals surface area contributed by atoms with Gasteiger partial charge in [-0.15, -0.1) is 0 Å². The van der Waals surface area contributed by atoms with E-state index in [4.69, 9.17) is 4.74 Å². The van der Waals surface area contributed by atoms with Crippen LogP contribution in [0.4, 0.5) is 10.1 Å². The first-order chi connectivity index (χ1) is 9.19. The first-order valence-corrected chi connectivity index (χ1v) is 5.98. The number of anilines is 1. The molecule has 5 nitrogen and oxygen atoms in total. The maximum atomic E-state index is 14.0. The zero-order valence-corrected chi connectivity index (χ0v) is 10.6. The molecule has 0 aromatic heterocycles. The summed E-state index contributed by atoms with van der Waals surface area (Å²) in [5.74, 6) is -0.778. The molecule has 0 radical (unpaired) electrons. The summed E-state index contributed by atoms with van der Waals surface area (Å²) in [5.41, 5.74) is 0.394. The smallest absolute Gasteiger partial charge is 0.244 e. The van der Waals surface area contributed by atoms with Crippen molar-refractivity contribution in [1.82, 2.24) is 5.32 Å². The third-order valence-corrected chi connectivity index (χ3v) is 3.11. The molecule has 1 atom stereocenters. The Morgan fingerprint density at radius 1 is 1.58 bits per heavy atom. The number of hydrogen-bond acceptors (Lipinski definition) is 4. The second kappa shape index (κ2) is 5.79. The summed E-state index contributed by atoms with van der Waals surface area (Å²) in [7, 11) is 1.51. The fourth-order valence-corrected chi connectivity index (χ4v) is 2.19. The number of carbonyl (C=O) groups excluding carboxylic acids is 2. The average molecular weight is 266 g/mol. The summed E-state index contributed by atoms with van der Waals surface area (Å²) in [4.78, 5) is 24.4. The van der Waals surface area contributed by atoms with Gasteiger partial charge in [-0.05, 0) is 12.1 Å². The SMILES string of the molecule is CNC(=O)C1COCCN1c1c(F)cccc1C=O. The molecule has 102 valence electrons. The lowest BCUT2D eigenvalue weighted by molar-refractivity contribution is -0.124. The van der Waals surface area contributed by atoms with Crippen LogP contribution in [-0.2, 0) is 9.53 Å². The number of ether oxygens (including phenoxy) is 1. The number of rotatable bonds is 3. The van der Waals surface area contributed by atoms with Crippen LogP contribution < -0.4 is 10.2 Å². The van der Waals surface area contributed by atoms with Gasteiger partial charge in [-0.25, -0.2) is 4.39 Å². The average Bonchev–Trinajstić information content (AvgIpc) is 2.46. The summed E-state index contributed by atoms with van der Waals surface area (Å²) < 4.78 is 19.2. The summed E-state index contributed by atoms with van der Waals surface area (Å²) in [6.07, 6.45) is 0.592. The van der Waals surface area contributed by atoms with E-state index < -0.39 is 11.9 Å². The number of halogens is 1. The summed E-state index contributed by atoms with van der Waals surface area (Å²) in [5, 5.41) is 2.52. The number of likely N-dealkylation sites (N-methyl/N-ethyl adjacent to an activating group) is 1. The van der Waals surface area contributed by atoms with Gasteiger partial charge in [-0.2, -0.15) is 0 Å². The van der Waals surface area contributed by atoms with E-state index in [2.05, 4.69) is 5.32 Å². The van der Waals surface area contributed by atoms with Crippen molar-refractivity contribution in [3.8, 4) is 0 Å². The summed E-state index contributed by atoms with van der Waals surface area (Å²) in [6, 6.07) is 3.65. The number of para-hydroxylation sites is 1. The normalized spacial score (nSPS) is 19.1. The van der Waals surface area contributed by atoms with E-state index in [1.165, 1.54) is 25.2 Å². The quantitative estimate of drug-likeness (QED) is 0.813. The van der Waals surface area contributed by atoms with Crippen LogP contribution in [0, 0.1) is 5.82 Å². The Hall–Kier alpha value is -1.95. The molecule has 1 aromatic rings. The van der Waals surface area contributed by atoms with Crippen LogP contribution in [0.3, 0.4) is 0 Å². The molecule has 1 fully saturated rings. The lowest BCUT2D eigenvalue weighted by Gasteiger charge is -2.36. The Labute approximate surface area is 110 Å². The summed E-state index contributed by atoms with van der Waals surface area (Å²) >= 11 is 0. The number of morpholine rings is 1. The van der Waals surface area contributed by atoms with Gasteiger partial charge in [0.2, 0.25) is 5.91 Å². The molecule has 0 bridgehead atoms. The zero-order valence-electron chi connectivity index (χ0n) is 10.6. The van der Waals surface area contributed by atoms with Crippen molar-refractivity contribution < 1.29 is 18.7 Å². The molecule has 1 unspecified atom stereocenters. The van der Waals surface area contributed by atoms with E-state index in [-0.39, 0.29) is 23.8 Å². The lowest BCUT2D eigenvalue weighted by Crippen LogP contribution is -2.54. The standard InChI is InChI=1S/C13H15FN2O3/c1-15-13(18)11-8-19-6-5-16(11)12-9(7-17)3-2-4-10(12)14/h2-4,7,11H,5-6,8H2,1H3,(H,15,18). The van der Waals surface area contributed by atoms with Crippen molar-refractivity contribution >= 4 is 17.9 Å². The largest absolute Gasteiger partial charge is 0.377 e. The van der Waals surface area contributed by atoms with Gasteiger partial charge in [0.15, 0.2) is 6.29 Å². The predicted octanol–water partition coefficient (Wildman–Crippen LogP) is 0.589. The van der Waals surface area contributed by atoms with Crippen LogP contribution in [0.25, 0.3) is 0 Å². The second-order valence-corrected chi connectivity index (χ2v) is 4.19. The van der Waals surface area contributed by atoms with Gasteiger partial charge >= 0.3 is 0 Å². The number of hydrogen-bond donors (Lipinski definition) is 1. The zero-order chi connectivity index (χ0) is 13.8. The van der Waals surface area contributed by atoms with Crippen molar-refractivity contribution in [3.05, 3.63) is 29.6 Å². The number of amides is 1. The van der Waals surface area contributed by atoms with Gasteiger partial charge in [0, 0.05) is 19.2 Å². The number of nitrogens with zero attached hydrogens (tertiary/aromatic N) is 1. The van der Waals surface area contributed by atoms with Crippen LogP contribution in [0.2, 0.25) is 0 Å². The molecule has 0 spiro atoms. The van der Waals surface area contributed by atoms with Crippen molar-refractivity contribution in [2.75, 3.05) is 31.7 Å². The van der Waals surface area contributed by atoms with E-state index in [9.17, 15) is 14.0 Å². The van der Waals surface area contributed by atoms with Crippen molar-refractivity contribution in [3.63, 3.8) is 0 Å². The number of nitrogens with one attached hydrogen (secondary N) is 1. The fraction of sp³-hybridized carbons (Fsp3) is 0.385. The Balaban J connectivity index is 2.42. The summed E-state index contributed by atoms with van der Waals surface area (Å²) in [6.45, 7) is 0.923. The highest BCUT2D eigenvalue weighted by molar-refractivity contribution is 5.90. The van der Waals surface area contributed by atoms with E-state index in [0.29, 0.717) is 19.4 Å². The minimum Gasteiger partial charge on any atom is -0.377 e. The predicted molar refractivity (Wildman–Crippen MR) is 67.8 cm³/mol. The van der Waals surface area contributed by atoms with Crippen LogP contribution in [0.5, 0.6) is 0 Å². The first kappa shape index (κ1) is 13.5. The number of benzene rings is 1. The molecule has 1 aromatic carbocycles. The second-order valence-electron chi connectivity index (χ2n) is 4.19. The molecule has 1 aliphatic heterocycles. The van der Waals surface area contributed by atoms with Gasteiger partial charge < -0.3 is 15.0 Å². The monoisotopic (exact) mass is 266 g/mol. The Morgan fingerprint density at radius 2 is 2.37 bits per heavy atom. The van der Waals surface area contributed by atoms with Gasteiger partial charge in [-0.1, -0.05) is 6.07 Å². The molecule has 2 rings (SSSR count). The van der Waals surface area contributed by atoms with Crippen LogP contribution in [0.1, 0.15) is 10.4 Å². The molecule has 0 saturated carbocycles. The molecular weight excluding hydrogens is 251 g/mol. The maximum absolute atomic E-state index is 14.0. The van der Waals surface area contributed by atoms with Gasteiger partial charge in [-0.3, -0.25) is 9.59 Å². The van der Waals surface area contributed by atoms with Crippen molar-refractivity contribution in [2.45, 2.75) is 6.04 Å². The molecule has 1 amide bonds. The third kappa shape index (κ3) is 2.58. The Kier molecular flexibility index (Phi) is 4.11. The molecule has 1 aliphatic rings. The van der Waals surface area contributed by atoms with Crippen molar-refractivity contribution in [1.29, 1.82) is 0 Å². The first-order valence-electron chi connectivity index (χ1n) is 5.98. The lowest BCUT2D eigenvalue weighted by atomic mass is 10.1. The molecule has 0 aliphatic carbocycles. The topological polar surface area (TPSA) is 58.6 Å². The van der Waals surface area contributed by atoms with E-state index in [0.717, 1.165) is 0 Å². The molecule has 6 heteroatoms. The minimum atomic E-state index is -0.630. The minimum absolute atomic E-state index is 0.161. The van der Waals surface area contributed by atoms with Gasteiger partial charge in [0.05, 0.1) is 18.9 Å². The third-order valence-electron chi connectivity index (χ3n) is 3.11. The highest BCUT2D eigenvalue weighted by atomic mass is 19.1. The Bertz CT molecular complexity index is 493. The van der Waals surface area contributed by atoms with Gasteiger partial charge in [0.25, 0.3) is 0 Å². The maximum Gasteiger partial charge on any atom is 0.244 e. The highest BCUT2D eigenvalue weighted by Gasteiger charge is 2.31. The number of carbonyl (C=O) groups is 2. The van der Waals surface area contributed by atoms with Crippen LogP contribution in [-0.4, -0.2) is 45.0 Å². The highest BCUT2D eigenvalue weighted by Crippen LogP contribution is 2.26. The fourth-order valence-electron chi connectivity index (χ4n) is 2.19. The van der Waals surface area contributed by atoms with Crippen LogP contribution >= 0.6 is 0 Å². The Morgan fingerprint density at radius 3 is 3.05 bits per heavy atom. The van der Waals surface area contributed by atoms with E-state index in [1.54, 1.807) is 4.90 Å². The van der Waals surface area contributed by atoms with Crippen LogP contribution in [0.15, 0.2) is 18.2 Å². The van der Waals surface area contributed by atoms with Crippen molar-refractivity contribution in [2.24, 2.45) is 0 Å². The molecule has 1 saturated heterocycles. The molecule has 1 heterocycles. The number of aldehydes is 1. The van der Waals surface area contributed by atoms with Gasteiger partial charge in [0.1, 0.15) is 11.9 Å².